The molecule has 0 unspecified atom stereocenters. The van der Waals surface area contributed by atoms with Crippen molar-refractivity contribution >= 4 is 34.9 Å². The van der Waals surface area contributed by atoms with Gasteiger partial charge in [0.2, 0.25) is 0 Å². The Labute approximate surface area is 91.8 Å². The Kier molecular flexibility index (Phi) is 2.44. The highest BCUT2D eigenvalue weighted by molar-refractivity contribution is 7.71. The molecule has 0 radical (unpaired) electrons. The fourth-order valence-corrected chi connectivity index (χ4v) is 2.03. The van der Waals surface area contributed by atoms with Crippen LogP contribution in [0.1, 0.15) is 0 Å². The Morgan fingerprint density at radius 2 is 2.36 bits per heavy atom. The Morgan fingerprint density at radius 1 is 1.57 bits per heavy atom. The Morgan fingerprint density at radius 3 is 3.07 bits per heavy atom. The van der Waals surface area contributed by atoms with Crippen molar-refractivity contribution in [3.05, 3.63) is 40.6 Å². The van der Waals surface area contributed by atoms with E-state index >= 15 is 0 Å². The lowest BCUT2D eigenvalue weighted by Crippen LogP contribution is -1.94. The molecule has 0 aliphatic heterocycles. The third-order valence-corrected chi connectivity index (χ3v) is 2.68. The molecule has 1 aromatic heterocycles. The van der Waals surface area contributed by atoms with Gasteiger partial charge in [-0.1, -0.05) is 23.7 Å². The summed E-state index contributed by atoms with van der Waals surface area (Å²) in [7, 11) is 0. The molecule has 0 aliphatic rings. The van der Waals surface area contributed by atoms with Gasteiger partial charge in [-0.3, -0.25) is 0 Å². The van der Waals surface area contributed by atoms with Crippen LogP contribution < -0.4 is 0 Å². The summed E-state index contributed by atoms with van der Waals surface area (Å²) in [6.07, 6.45) is 1.80. The van der Waals surface area contributed by atoms with Crippen LogP contribution in [-0.2, 0) is 6.54 Å². The summed E-state index contributed by atoms with van der Waals surface area (Å²) in [4.78, 5) is 3.10. The van der Waals surface area contributed by atoms with Crippen molar-refractivity contribution in [3.8, 4) is 0 Å². The molecule has 1 heterocycles. The molecule has 0 aliphatic carbocycles. The maximum Gasteiger partial charge on any atom is 0.178 e. The Bertz CT molecular complexity index is 539. The molecule has 0 spiro atoms. The first-order chi connectivity index (χ1) is 6.74. The normalized spacial score (nSPS) is 10.6. The predicted molar refractivity (Wildman–Crippen MR) is 62.3 cm³/mol. The van der Waals surface area contributed by atoms with Gasteiger partial charge in [0.05, 0.1) is 16.1 Å². The van der Waals surface area contributed by atoms with Crippen molar-refractivity contribution in [2.45, 2.75) is 6.54 Å². The molecule has 1 aromatic carbocycles. The predicted octanol–water partition coefficient (Wildman–Crippen LogP) is 3.54. The number of rotatable bonds is 2. The van der Waals surface area contributed by atoms with Gasteiger partial charge in [-0.15, -0.1) is 6.58 Å². The van der Waals surface area contributed by atoms with Crippen molar-refractivity contribution in [1.29, 1.82) is 0 Å². The molecule has 2 aromatic rings. The maximum atomic E-state index is 6.09. The Balaban J connectivity index is 2.86. The molecule has 14 heavy (non-hydrogen) atoms. The van der Waals surface area contributed by atoms with E-state index in [0.29, 0.717) is 16.3 Å². The van der Waals surface area contributed by atoms with Crippen molar-refractivity contribution < 1.29 is 0 Å². The summed E-state index contributed by atoms with van der Waals surface area (Å²) in [5.41, 5.74) is 1.91. The van der Waals surface area contributed by atoms with Crippen molar-refractivity contribution in [2.75, 3.05) is 0 Å². The van der Waals surface area contributed by atoms with Gasteiger partial charge in [0.15, 0.2) is 4.77 Å². The lowest BCUT2D eigenvalue weighted by molar-refractivity contribution is 0.836. The molecule has 0 amide bonds. The molecule has 2 nitrogen and oxygen atoms in total. The van der Waals surface area contributed by atoms with E-state index in [1.54, 1.807) is 6.08 Å². The number of hydrogen-bond acceptors (Lipinski definition) is 1. The van der Waals surface area contributed by atoms with E-state index in [1.165, 1.54) is 0 Å². The molecule has 0 saturated heterocycles. The standard InChI is InChI=1S/C10H9ClN2S/c1-2-6-13-9-7(11)4-3-5-8(9)12-10(13)14/h2-5H,1,6H2,(H,12,14). The van der Waals surface area contributed by atoms with Crippen molar-refractivity contribution in [1.82, 2.24) is 9.55 Å². The minimum absolute atomic E-state index is 0.669. The zero-order valence-electron chi connectivity index (χ0n) is 7.46. The summed E-state index contributed by atoms with van der Waals surface area (Å²) < 4.78 is 2.60. The molecule has 1 N–H and O–H groups in total. The second-order valence-corrected chi connectivity index (χ2v) is 3.76. The summed E-state index contributed by atoms with van der Waals surface area (Å²) in [5.74, 6) is 0. The van der Waals surface area contributed by atoms with Gasteiger partial charge in [0.1, 0.15) is 0 Å². The average molecular weight is 225 g/mol. The quantitative estimate of drug-likeness (QED) is 0.611. The van der Waals surface area contributed by atoms with Crippen LogP contribution in [0.4, 0.5) is 0 Å². The number of imidazole rings is 1. The number of allylic oxidation sites excluding steroid dienone is 1. The maximum absolute atomic E-state index is 6.09. The van der Waals surface area contributed by atoms with Crippen LogP contribution in [0.2, 0.25) is 5.02 Å². The number of H-pyrrole nitrogens is 1. The van der Waals surface area contributed by atoms with Crippen LogP contribution in [0.15, 0.2) is 30.9 Å². The first-order valence-corrected chi connectivity index (χ1v) is 5.00. The van der Waals surface area contributed by atoms with Crippen LogP contribution in [-0.4, -0.2) is 9.55 Å². The molecular weight excluding hydrogens is 216 g/mol. The molecule has 0 bridgehead atoms. The molecule has 0 atom stereocenters. The fraction of sp³-hybridized carbons (Fsp3) is 0.100. The highest BCUT2D eigenvalue weighted by Crippen LogP contribution is 2.23. The number of nitrogens with zero attached hydrogens (tertiary/aromatic N) is 1. The minimum atomic E-state index is 0.669. The van der Waals surface area contributed by atoms with Gasteiger partial charge >= 0.3 is 0 Å². The van der Waals surface area contributed by atoms with Gasteiger partial charge in [-0.2, -0.15) is 0 Å². The third-order valence-electron chi connectivity index (χ3n) is 2.06. The summed E-state index contributed by atoms with van der Waals surface area (Å²) in [6, 6.07) is 5.71. The number of para-hydroxylation sites is 1. The first-order valence-electron chi connectivity index (χ1n) is 4.22. The lowest BCUT2D eigenvalue weighted by atomic mass is 10.3. The molecular formula is C10H9ClN2S. The molecule has 2 rings (SSSR count). The monoisotopic (exact) mass is 224 g/mol. The van der Waals surface area contributed by atoms with E-state index in [0.717, 1.165) is 11.0 Å². The third kappa shape index (κ3) is 1.38. The van der Waals surface area contributed by atoms with Crippen LogP contribution in [0, 0.1) is 4.77 Å². The van der Waals surface area contributed by atoms with E-state index < -0.39 is 0 Å². The van der Waals surface area contributed by atoms with Crippen LogP contribution in [0.3, 0.4) is 0 Å². The number of nitrogens with one attached hydrogen (secondary N) is 1. The number of fused-ring (bicyclic) bond motifs is 1. The van der Waals surface area contributed by atoms with E-state index in [9.17, 15) is 0 Å². The topological polar surface area (TPSA) is 20.7 Å². The zero-order valence-corrected chi connectivity index (χ0v) is 9.03. The van der Waals surface area contributed by atoms with Gasteiger partial charge in [-0.05, 0) is 24.4 Å². The molecule has 0 fully saturated rings. The van der Waals surface area contributed by atoms with Crippen LogP contribution >= 0.6 is 23.8 Å². The summed E-state index contributed by atoms with van der Waals surface area (Å²) in [5, 5.41) is 0.705. The van der Waals surface area contributed by atoms with Gasteiger partial charge in [0.25, 0.3) is 0 Å². The van der Waals surface area contributed by atoms with Gasteiger partial charge < -0.3 is 9.55 Å². The number of halogens is 1. The first kappa shape index (κ1) is 9.49. The number of aromatic nitrogens is 2. The Hall–Kier alpha value is -1.06. The van der Waals surface area contributed by atoms with E-state index in [2.05, 4.69) is 11.6 Å². The minimum Gasteiger partial charge on any atom is -0.331 e. The molecule has 4 heteroatoms. The van der Waals surface area contributed by atoms with E-state index in [-0.39, 0.29) is 0 Å². The number of aromatic amines is 1. The van der Waals surface area contributed by atoms with E-state index in [1.807, 2.05) is 22.8 Å². The fourth-order valence-electron chi connectivity index (χ4n) is 1.48. The summed E-state index contributed by atoms with van der Waals surface area (Å²) in [6.45, 7) is 4.36. The highest BCUT2D eigenvalue weighted by atomic mass is 35.5. The number of hydrogen-bond donors (Lipinski definition) is 1. The highest BCUT2D eigenvalue weighted by Gasteiger charge is 2.05. The molecule has 72 valence electrons. The second kappa shape index (κ2) is 3.59. The van der Waals surface area contributed by atoms with Gasteiger partial charge in [0, 0.05) is 6.54 Å². The SMILES string of the molecule is C=CCn1c(=S)[nH]c2cccc(Cl)c21. The summed E-state index contributed by atoms with van der Waals surface area (Å²) >= 11 is 11.3. The molecule has 0 saturated carbocycles. The lowest BCUT2D eigenvalue weighted by Gasteiger charge is -2.00. The largest absolute Gasteiger partial charge is 0.331 e. The van der Waals surface area contributed by atoms with Crippen molar-refractivity contribution in [3.63, 3.8) is 0 Å². The van der Waals surface area contributed by atoms with Crippen molar-refractivity contribution in [2.24, 2.45) is 0 Å². The average Bonchev–Trinajstić information content (AvgIpc) is 2.45. The zero-order chi connectivity index (χ0) is 10.1. The van der Waals surface area contributed by atoms with Crippen LogP contribution in [0.5, 0.6) is 0 Å². The van der Waals surface area contributed by atoms with E-state index in [4.69, 9.17) is 23.8 Å². The van der Waals surface area contributed by atoms with Gasteiger partial charge in [-0.25, -0.2) is 0 Å². The second-order valence-electron chi connectivity index (χ2n) is 2.97. The number of benzene rings is 1. The smallest absolute Gasteiger partial charge is 0.178 e. The van der Waals surface area contributed by atoms with Crippen LogP contribution in [0.25, 0.3) is 11.0 Å².